The number of nitrogens with zero attached hydrogens (tertiary/aromatic N) is 1. The van der Waals surface area contributed by atoms with Crippen LogP contribution in [0.25, 0.3) is 0 Å². The second-order valence-electron chi connectivity index (χ2n) is 5.35. The van der Waals surface area contributed by atoms with Gasteiger partial charge in [-0.25, -0.2) is 9.59 Å². The van der Waals surface area contributed by atoms with Gasteiger partial charge in [-0.15, -0.1) is 0 Å². The molecular formula is C14H19NO4. The Kier molecular flexibility index (Phi) is 5.03. The van der Waals surface area contributed by atoms with Gasteiger partial charge in [0, 0.05) is 12.4 Å². The quantitative estimate of drug-likeness (QED) is 0.618. The number of ether oxygens (including phenoxy) is 2. The van der Waals surface area contributed by atoms with Crippen molar-refractivity contribution in [3.63, 3.8) is 0 Å². The smallest absolute Gasteiger partial charge is 0.417 e. The molecule has 0 unspecified atom stereocenters. The van der Waals surface area contributed by atoms with E-state index in [9.17, 15) is 9.59 Å². The van der Waals surface area contributed by atoms with Gasteiger partial charge in [-0.1, -0.05) is 20.8 Å². The van der Waals surface area contributed by atoms with Gasteiger partial charge in [0.1, 0.15) is 12.7 Å². The number of aromatic nitrogens is 1. The molecule has 1 rings (SSSR count). The van der Waals surface area contributed by atoms with Gasteiger partial charge in [-0.05, 0) is 30.0 Å². The molecule has 1 heterocycles. The fourth-order valence-electron chi connectivity index (χ4n) is 1.07. The molecule has 0 aliphatic rings. The van der Waals surface area contributed by atoms with Crippen molar-refractivity contribution < 1.29 is 19.1 Å². The van der Waals surface area contributed by atoms with Crippen molar-refractivity contribution in [2.75, 3.05) is 0 Å². The maximum absolute atomic E-state index is 11.5. The number of pyridine rings is 1. The van der Waals surface area contributed by atoms with Crippen molar-refractivity contribution >= 4 is 11.9 Å². The highest BCUT2D eigenvalue weighted by Crippen LogP contribution is 2.21. The summed E-state index contributed by atoms with van der Waals surface area (Å²) in [6.07, 6.45) is 2.81. The first kappa shape index (κ1) is 15.1. The van der Waals surface area contributed by atoms with Crippen molar-refractivity contribution in [2.24, 2.45) is 5.41 Å². The number of hydrogen-bond acceptors (Lipinski definition) is 5. The first-order valence-corrected chi connectivity index (χ1v) is 6.07. The molecule has 5 nitrogen and oxygen atoms in total. The van der Waals surface area contributed by atoms with Gasteiger partial charge in [0.25, 0.3) is 0 Å². The fraction of sp³-hybridized carbons (Fsp3) is 0.500. The van der Waals surface area contributed by atoms with Crippen LogP contribution in [0.5, 0.6) is 0 Å². The summed E-state index contributed by atoms with van der Waals surface area (Å²) in [6.45, 7) is 7.54. The van der Waals surface area contributed by atoms with Gasteiger partial charge in [0.05, 0.1) is 0 Å². The van der Waals surface area contributed by atoms with E-state index in [1.165, 1.54) is 0 Å². The molecule has 0 aliphatic carbocycles. The Morgan fingerprint density at radius 3 is 2.32 bits per heavy atom. The molecule has 0 spiro atoms. The lowest BCUT2D eigenvalue weighted by atomic mass is 9.90. The molecule has 19 heavy (non-hydrogen) atoms. The molecule has 0 N–H and O–H groups in total. The summed E-state index contributed by atoms with van der Waals surface area (Å²) in [5, 5.41) is 0. The maximum atomic E-state index is 11.5. The first-order valence-electron chi connectivity index (χ1n) is 6.07. The lowest BCUT2D eigenvalue weighted by Gasteiger charge is -2.26. The zero-order valence-electron chi connectivity index (χ0n) is 11.7. The largest absolute Gasteiger partial charge is 0.454 e. The minimum Gasteiger partial charge on any atom is -0.454 e. The van der Waals surface area contributed by atoms with Gasteiger partial charge in [0.2, 0.25) is 0 Å². The summed E-state index contributed by atoms with van der Waals surface area (Å²) in [4.78, 5) is 26.8. The van der Waals surface area contributed by atoms with E-state index in [4.69, 9.17) is 9.47 Å². The Balaban J connectivity index is 2.44. The van der Waals surface area contributed by atoms with E-state index in [1.54, 1.807) is 31.5 Å². The first-order chi connectivity index (χ1) is 8.80. The van der Waals surface area contributed by atoms with Crippen LogP contribution in [0.3, 0.4) is 0 Å². The average molecular weight is 265 g/mol. The molecule has 0 fully saturated rings. The number of carbonyl (C=O) groups excluding carboxylic acids is 2. The van der Waals surface area contributed by atoms with E-state index >= 15 is 0 Å². The van der Waals surface area contributed by atoms with E-state index in [1.807, 2.05) is 20.8 Å². The number of hydrogen-bond donors (Lipinski definition) is 0. The van der Waals surface area contributed by atoms with Gasteiger partial charge in [0.15, 0.2) is 0 Å². The zero-order valence-corrected chi connectivity index (χ0v) is 11.7. The molecule has 0 saturated heterocycles. The monoisotopic (exact) mass is 265 g/mol. The highest BCUT2D eigenvalue weighted by atomic mass is 16.6. The van der Waals surface area contributed by atoms with Crippen molar-refractivity contribution in [3.8, 4) is 0 Å². The van der Waals surface area contributed by atoms with Gasteiger partial charge >= 0.3 is 11.9 Å². The normalized spacial score (nSPS) is 12.6. The lowest BCUT2D eigenvalue weighted by Crippen LogP contribution is -2.32. The number of rotatable bonds is 3. The van der Waals surface area contributed by atoms with Crippen LogP contribution < -0.4 is 0 Å². The van der Waals surface area contributed by atoms with Crippen LogP contribution in [0.2, 0.25) is 0 Å². The minimum absolute atomic E-state index is 0.0281. The predicted octanol–water partition coefficient (Wildman–Crippen LogP) is 2.10. The van der Waals surface area contributed by atoms with Gasteiger partial charge in [-0.2, -0.15) is 0 Å². The summed E-state index contributed by atoms with van der Waals surface area (Å²) < 4.78 is 9.90. The molecule has 0 bridgehead atoms. The second kappa shape index (κ2) is 6.31. The molecule has 0 aromatic carbocycles. The fourth-order valence-corrected chi connectivity index (χ4v) is 1.07. The molecule has 1 aromatic heterocycles. The van der Waals surface area contributed by atoms with Crippen LogP contribution >= 0.6 is 0 Å². The Morgan fingerprint density at radius 1 is 1.21 bits per heavy atom. The van der Waals surface area contributed by atoms with Crippen molar-refractivity contribution in [1.82, 2.24) is 4.98 Å². The third-order valence-electron chi connectivity index (χ3n) is 2.79. The molecule has 104 valence electrons. The van der Waals surface area contributed by atoms with E-state index in [-0.39, 0.29) is 18.1 Å². The van der Waals surface area contributed by atoms with Crippen molar-refractivity contribution in [2.45, 2.75) is 40.4 Å². The van der Waals surface area contributed by atoms with E-state index < -0.39 is 11.9 Å². The number of carbonyl (C=O) groups is 2. The second-order valence-corrected chi connectivity index (χ2v) is 5.35. The molecular weight excluding hydrogens is 246 g/mol. The number of esters is 2. The Morgan fingerprint density at radius 2 is 1.79 bits per heavy atom. The Labute approximate surface area is 112 Å². The molecule has 1 aromatic rings. The standard InChI is InChI=1S/C14H19NO4/c1-10(14(2,3)4)19-13(17)12(16)18-9-11-5-7-15-8-6-11/h5-8,10H,9H2,1-4H3/t10-/m1/s1. The van der Waals surface area contributed by atoms with Crippen LogP contribution in [-0.4, -0.2) is 23.0 Å². The summed E-state index contributed by atoms with van der Waals surface area (Å²) in [5.74, 6) is -1.94. The van der Waals surface area contributed by atoms with E-state index in [2.05, 4.69) is 4.98 Å². The third-order valence-corrected chi connectivity index (χ3v) is 2.79. The zero-order chi connectivity index (χ0) is 14.5. The SMILES string of the molecule is C[C@@H](OC(=O)C(=O)OCc1ccncc1)C(C)(C)C. The van der Waals surface area contributed by atoms with Gasteiger partial charge in [-0.3, -0.25) is 4.98 Å². The van der Waals surface area contributed by atoms with Crippen LogP contribution in [0.15, 0.2) is 24.5 Å². The molecule has 0 amide bonds. The highest BCUT2D eigenvalue weighted by molar-refractivity contribution is 6.29. The maximum Gasteiger partial charge on any atom is 0.417 e. The molecule has 0 saturated carbocycles. The van der Waals surface area contributed by atoms with Crippen LogP contribution in [0.1, 0.15) is 33.3 Å². The van der Waals surface area contributed by atoms with E-state index in [0.29, 0.717) is 0 Å². The molecule has 0 radical (unpaired) electrons. The average Bonchev–Trinajstić information content (AvgIpc) is 2.35. The summed E-state index contributed by atoms with van der Waals surface area (Å²) in [6, 6.07) is 3.41. The molecule has 5 heteroatoms. The minimum atomic E-state index is -0.979. The lowest BCUT2D eigenvalue weighted by molar-refractivity contribution is -0.174. The van der Waals surface area contributed by atoms with Crippen molar-refractivity contribution in [1.29, 1.82) is 0 Å². The molecule has 0 aliphatic heterocycles. The van der Waals surface area contributed by atoms with Crippen LogP contribution in [0.4, 0.5) is 0 Å². The topological polar surface area (TPSA) is 65.5 Å². The third kappa shape index (κ3) is 5.07. The van der Waals surface area contributed by atoms with Crippen LogP contribution in [0, 0.1) is 5.41 Å². The highest BCUT2D eigenvalue weighted by Gasteiger charge is 2.27. The summed E-state index contributed by atoms with van der Waals surface area (Å²) >= 11 is 0. The predicted molar refractivity (Wildman–Crippen MR) is 69.0 cm³/mol. The van der Waals surface area contributed by atoms with Crippen LogP contribution in [-0.2, 0) is 25.7 Å². The Hall–Kier alpha value is -1.91. The Bertz CT molecular complexity index is 437. The van der Waals surface area contributed by atoms with Gasteiger partial charge < -0.3 is 9.47 Å². The summed E-state index contributed by atoms with van der Waals surface area (Å²) in [5.41, 5.74) is 0.543. The van der Waals surface area contributed by atoms with Crippen molar-refractivity contribution in [3.05, 3.63) is 30.1 Å². The van der Waals surface area contributed by atoms with E-state index in [0.717, 1.165) is 5.56 Å². The summed E-state index contributed by atoms with van der Waals surface area (Å²) in [7, 11) is 0. The molecule has 1 atom stereocenters.